The molecule has 0 aliphatic carbocycles. The summed E-state index contributed by atoms with van der Waals surface area (Å²) in [4.78, 5) is 53.5. The molecule has 0 aromatic rings. The van der Waals surface area contributed by atoms with Crippen LogP contribution in [0.3, 0.4) is 0 Å². The van der Waals surface area contributed by atoms with E-state index in [0.717, 1.165) is 6.92 Å². The number of hydrogen-bond acceptors (Lipinski definition) is 11. The van der Waals surface area contributed by atoms with Crippen molar-refractivity contribution in [3.05, 3.63) is 0 Å². The number of rotatable bonds is 16. The number of Topliss-reactive ketones (excluding diaryl/α,β-unsaturated/α-hetero) is 3. The summed E-state index contributed by atoms with van der Waals surface area (Å²) in [6, 6.07) is -6.58. The third-order valence-electron chi connectivity index (χ3n) is 6.29. The predicted octanol–water partition coefficient (Wildman–Crippen LogP) is -1.98. The maximum atomic E-state index is 13.7. The molecule has 204 valence electrons. The quantitative estimate of drug-likeness (QED) is 0.106. The molecular formula is C23H45N5O7. The number of carboxylic acid groups (broad SMARTS) is 1. The molecule has 35 heavy (non-hydrogen) atoms. The lowest BCUT2D eigenvalue weighted by molar-refractivity contribution is -0.189. The fraction of sp³-hybridized carbons (Fsp3) is 0.826. The number of aliphatic hydroxyl groups is 2. The van der Waals surface area contributed by atoms with E-state index in [-0.39, 0.29) is 18.8 Å². The van der Waals surface area contributed by atoms with Crippen molar-refractivity contribution in [2.45, 2.75) is 103 Å². The monoisotopic (exact) mass is 503 g/mol. The van der Waals surface area contributed by atoms with Gasteiger partial charge in [0.15, 0.2) is 23.0 Å². The molecule has 13 N–H and O–H groups in total. The minimum absolute atomic E-state index is 0.0340. The first kappa shape index (κ1) is 33.2. The molecule has 8 atom stereocenters. The van der Waals surface area contributed by atoms with E-state index in [0.29, 0.717) is 0 Å². The Kier molecular flexibility index (Phi) is 12.3. The van der Waals surface area contributed by atoms with Crippen molar-refractivity contribution in [2.75, 3.05) is 0 Å². The van der Waals surface area contributed by atoms with Gasteiger partial charge in [0.05, 0.1) is 18.2 Å². The van der Waals surface area contributed by atoms with E-state index in [2.05, 4.69) is 0 Å². The van der Waals surface area contributed by atoms with E-state index in [1.54, 1.807) is 0 Å². The topological polar surface area (TPSA) is 259 Å². The highest BCUT2D eigenvalue weighted by Crippen LogP contribution is 2.42. The normalized spacial score (nSPS) is 20.8. The Morgan fingerprint density at radius 2 is 1.31 bits per heavy atom. The van der Waals surface area contributed by atoms with Crippen LogP contribution in [0.15, 0.2) is 0 Å². The molecule has 0 heterocycles. The number of carbonyl (C=O) groups excluding carboxylic acids is 3. The van der Waals surface area contributed by atoms with Crippen molar-refractivity contribution < 1.29 is 34.5 Å². The van der Waals surface area contributed by atoms with E-state index in [1.165, 1.54) is 20.8 Å². The molecule has 0 saturated heterocycles. The van der Waals surface area contributed by atoms with E-state index in [1.807, 2.05) is 13.8 Å². The summed E-state index contributed by atoms with van der Waals surface area (Å²) in [7, 11) is 0. The van der Waals surface area contributed by atoms with Crippen molar-refractivity contribution in [3.8, 4) is 0 Å². The van der Waals surface area contributed by atoms with Crippen LogP contribution in [-0.4, -0.2) is 80.6 Å². The van der Waals surface area contributed by atoms with Gasteiger partial charge >= 0.3 is 5.97 Å². The van der Waals surface area contributed by atoms with Crippen molar-refractivity contribution in [1.29, 1.82) is 0 Å². The number of hydrogen-bond donors (Lipinski definition) is 8. The maximum Gasteiger partial charge on any atom is 0.328 e. The highest BCUT2D eigenvalue weighted by molar-refractivity contribution is 6.28. The van der Waals surface area contributed by atoms with Gasteiger partial charge in [0, 0.05) is 24.5 Å². The SMILES string of the molecule is CC(C)CC(N)C(O)CC(=O)C(C(=O)O)(C(=O)[C@H](C)N)C(O)(C(=O)[C@@H](N)C(C)C)C(N)CC(C)N. The van der Waals surface area contributed by atoms with Crippen LogP contribution in [0, 0.1) is 17.3 Å². The first-order valence-corrected chi connectivity index (χ1v) is 11.8. The summed E-state index contributed by atoms with van der Waals surface area (Å²) >= 11 is 0. The second-order valence-corrected chi connectivity index (χ2v) is 10.4. The molecule has 0 aliphatic rings. The Morgan fingerprint density at radius 3 is 1.66 bits per heavy atom. The van der Waals surface area contributed by atoms with Gasteiger partial charge in [0.2, 0.25) is 5.41 Å². The highest BCUT2D eigenvalue weighted by atomic mass is 16.4. The number of carbonyl (C=O) groups is 4. The molecule has 6 unspecified atom stereocenters. The van der Waals surface area contributed by atoms with Gasteiger partial charge in [-0.25, -0.2) is 0 Å². The summed E-state index contributed by atoms with van der Waals surface area (Å²) in [6.07, 6.45) is -2.58. The summed E-state index contributed by atoms with van der Waals surface area (Å²) in [6.45, 7) is 9.32. The number of nitrogens with two attached hydrogens (primary N) is 5. The second-order valence-electron chi connectivity index (χ2n) is 10.4. The molecule has 0 amide bonds. The van der Waals surface area contributed by atoms with E-state index < -0.39 is 83.0 Å². The van der Waals surface area contributed by atoms with Gasteiger partial charge in [-0.1, -0.05) is 27.7 Å². The van der Waals surface area contributed by atoms with E-state index in [9.17, 15) is 34.5 Å². The summed E-state index contributed by atoms with van der Waals surface area (Å²) in [5, 5.41) is 32.8. The smallest absolute Gasteiger partial charge is 0.328 e. The first-order chi connectivity index (χ1) is 15.8. The zero-order valence-corrected chi connectivity index (χ0v) is 21.6. The summed E-state index contributed by atoms with van der Waals surface area (Å²) in [5.74, 6) is -6.94. The van der Waals surface area contributed by atoms with Gasteiger partial charge < -0.3 is 44.0 Å². The molecule has 12 heteroatoms. The van der Waals surface area contributed by atoms with Crippen LogP contribution < -0.4 is 28.7 Å². The average Bonchev–Trinajstić information content (AvgIpc) is 2.70. The second kappa shape index (κ2) is 12.9. The Balaban J connectivity index is 7.25. The van der Waals surface area contributed by atoms with Crippen LogP contribution in [0.25, 0.3) is 0 Å². The van der Waals surface area contributed by atoms with Crippen molar-refractivity contribution in [3.63, 3.8) is 0 Å². The van der Waals surface area contributed by atoms with Crippen molar-refractivity contribution >= 4 is 23.3 Å². The Labute approximate surface area is 206 Å². The lowest BCUT2D eigenvalue weighted by atomic mass is 9.57. The van der Waals surface area contributed by atoms with Crippen LogP contribution in [-0.2, 0) is 19.2 Å². The van der Waals surface area contributed by atoms with Crippen molar-refractivity contribution in [2.24, 2.45) is 45.9 Å². The van der Waals surface area contributed by atoms with Gasteiger partial charge in [0.1, 0.15) is 0 Å². The first-order valence-electron chi connectivity index (χ1n) is 11.8. The third kappa shape index (κ3) is 6.91. The van der Waals surface area contributed by atoms with Gasteiger partial charge in [-0.2, -0.15) is 0 Å². The number of ketones is 3. The molecule has 0 saturated carbocycles. The molecule has 0 aromatic carbocycles. The van der Waals surface area contributed by atoms with Gasteiger partial charge in [-0.05, 0) is 38.5 Å². The maximum absolute atomic E-state index is 13.7. The summed E-state index contributed by atoms with van der Waals surface area (Å²) in [5.41, 5.74) is 22.8. The average molecular weight is 504 g/mol. The summed E-state index contributed by atoms with van der Waals surface area (Å²) < 4.78 is 0. The molecule has 0 bridgehead atoms. The molecule has 12 nitrogen and oxygen atoms in total. The number of aliphatic hydroxyl groups excluding tert-OH is 1. The van der Waals surface area contributed by atoms with E-state index >= 15 is 0 Å². The lowest BCUT2D eigenvalue weighted by Gasteiger charge is -2.46. The van der Waals surface area contributed by atoms with Crippen LogP contribution in [0.2, 0.25) is 0 Å². The largest absolute Gasteiger partial charge is 0.480 e. The van der Waals surface area contributed by atoms with Crippen LogP contribution in [0.1, 0.15) is 60.8 Å². The Morgan fingerprint density at radius 1 is 0.829 bits per heavy atom. The molecule has 0 spiro atoms. The Hall–Kier alpha value is -1.80. The van der Waals surface area contributed by atoms with Crippen LogP contribution in [0.5, 0.6) is 0 Å². The van der Waals surface area contributed by atoms with Gasteiger partial charge in [-0.15, -0.1) is 0 Å². The van der Waals surface area contributed by atoms with Crippen LogP contribution >= 0.6 is 0 Å². The molecular weight excluding hydrogens is 458 g/mol. The minimum atomic E-state index is -3.46. The van der Waals surface area contributed by atoms with Gasteiger partial charge in [-0.3, -0.25) is 19.2 Å². The number of aliphatic carboxylic acids is 1. The molecule has 0 aromatic heterocycles. The standard InChI is InChI=1S/C23H45N5O7/c1-10(2)7-14(26)15(29)9-17(30)22(21(33)34,19(31)13(6)25)23(35,16(27)8-12(5)24)20(32)18(28)11(3)4/h10-16,18,29,35H,7-9,24-28H2,1-6H3,(H,33,34)/t12?,13-,14?,15?,16?,18-,22?,23?/m0/s1. The molecule has 0 aliphatic heterocycles. The number of carboxylic acids is 1. The van der Waals surface area contributed by atoms with Gasteiger partial charge in [0.25, 0.3) is 0 Å². The Bertz CT molecular complexity index is 773. The fourth-order valence-electron chi connectivity index (χ4n) is 4.24. The highest BCUT2D eigenvalue weighted by Gasteiger charge is 2.72. The lowest BCUT2D eigenvalue weighted by Crippen LogP contribution is -2.77. The molecule has 0 radical (unpaired) electrons. The predicted molar refractivity (Wildman–Crippen MR) is 131 cm³/mol. The third-order valence-corrected chi connectivity index (χ3v) is 6.29. The van der Waals surface area contributed by atoms with Crippen molar-refractivity contribution in [1.82, 2.24) is 0 Å². The van der Waals surface area contributed by atoms with Crippen LogP contribution in [0.4, 0.5) is 0 Å². The molecule has 0 rings (SSSR count). The minimum Gasteiger partial charge on any atom is -0.480 e. The fourth-order valence-corrected chi connectivity index (χ4v) is 4.24. The van der Waals surface area contributed by atoms with E-state index in [4.69, 9.17) is 28.7 Å². The zero-order chi connectivity index (χ0) is 28.0. The molecule has 0 fully saturated rings. The zero-order valence-electron chi connectivity index (χ0n) is 21.6.